The largest absolute Gasteiger partial charge is 0.313 e. The van der Waals surface area contributed by atoms with Crippen LogP contribution in [-0.4, -0.2) is 36.1 Å². The lowest BCUT2D eigenvalue weighted by molar-refractivity contribution is 0.164. The van der Waals surface area contributed by atoms with Gasteiger partial charge in [0.25, 0.3) is 0 Å². The van der Waals surface area contributed by atoms with Gasteiger partial charge in [-0.15, -0.1) is 6.42 Å². The number of nitrogens with one attached hydrogen (secondary N) is 1. The van der Waals surface area contributed by atoms with Crippen LogP contribution in [0.3, 0.4) is 0 Å². The summed E-state index contributed by atoms with van der Waals surface area (Å²) in [6.07, 6.45) is 9.28. The topological polar surface area (TPSA) is 15.3 Å². The number of nitrogens with zero attached hydrogens (tertiary/aromatic N) is 1. The van der Waals surface area contributed by atoms with Gasteiger partial charge in [0.2, 0.25) is 0 Å². The van der Waals surface area contributed by atoms with Crippen LogP contribution in [0.1, 0.15) is 40.0 Å². The monoisotopic (exact) mass is 208 g/mol. The first-order valence-electron chi connectivity index (χ1n) is 6.06. The van der Waals surface area contributed by atoms with Crippen LogP contribution in [0, 0.1) is 12.3 Å². The second-order valence-electron chi connectivity index (χ2n) is 4.94. The summed E-state index contributed by atoms with van der Waals surface area (Å²) in [5.74, 6) is 2.90. The van der Waals surface area contributed by atoms with E-state index in [0.717, 1.165) is 19.6 Å². The summed E-state index contributed by atoms with van der Waals surface area (Å²) >= 11 is 0. The van der Waals surface area contributed by atoms with Gasteiger partial charge < -0.3 is 5.32 Å². The van der Waals surface area contributed by atoms with E-state index in [2.05, 4.69) is 36.9 Å². The number of hydrogen-bond donors (Lipinski definition) is 1. The Morgan fingerprint density at radius 2 is 2.27 bits per heavy atom. The van der Waals surface area contributed by atoms with E-state index < -0.39 is 0 Å². The molecular formula is C13H24N2. The zero-order valence-electron chi connectivity index (χ0n) is 10.3. The Hall–Kier alpha value is -0.520. The predicted octanol–water partition coefficient (Wildman–Crippen LogP) is 1.86. The van der Waals surface area contributed by atoms with E-state index in [1.807, 2.05) is 0 Å². The first-order chi connectivity index (χ1) is 7.10. The Labute approximate surface area is 94.4 Å². The molecule has 1 aliphatic heterocycles. The summed E-state index contributed by atoms with van der Waals surface area (Å²) in [5, 5.41) is 3.60. The quantitative estimate of drug-likeness (QED) is 0.712. The van der Waals surface area contributed by atoms with Crippen LogP contribution in [0.4, 0.5) is 0 Å². The molecule has 0 aliphatic carbocycles. The second-order valence-corrected chi connectivity index (χ2v) is 4.94. The fourth-order valence-electron chi connectivity index (χ4n) is 2.14. The molecule has 0 bridgehead atoms. The Kier molecular flexibility index (Phi) is 4.63. The molecule has 0 aromatic carbocycles. The van der Waals surface area contributed by atoms with Gasteiger partial charge >= 0.3 is 0 Å². The summed E-state index contributed by atoms with van der Waals surface area (Å²) in [6.45, 7) is 9.85. The molecule has 0 amide bonds. The van der Waals surface area contributed by atoms with Crippen molar-refractivity contribution in [3.05, 3.63) is 0 Å². The molecule has 0 radical (unpaired) electrons. The summed E-state index contributed by atoms with van der Waals surface area (Å²) in [6, 6.07) is 0.616. The van der Waals surface area contributed by atoms with E-state index in [9.17, 15) is 0 Å². The summed E-state index contributed by atoms with van der Waals surface area (Å²) in [5.41, 5.74) is -0.0992. The zero-order chi connectivity index (χ0) is 11.3. The molecule has 1 rings (SSSR count). The van der Waals surface area contributed by atoms with Crippen LogP contribution in [0.25, 0.3) is 0 Å². The van der Waals surface area contributed by atoms with Crippen molar-refractivity contribution in [3.8, 4) is 12.3 Å². The maximum atomic E-state index is 5.60. The standard InChI is InChI=1S/C13H24N2/c1-5-8-12-11-15(10-7-9-14-12)13(3,4)6-2/h2,12,14H,5,7-11H2,1,3-4H3. The molecule has 1 N–H and O–H groups in total. The second kappa shape index (κ2) is 5.53. The minimum absolute atomic E-state index is 0.0992. The van der Waals surface area contributed by atoms with E-state index in [0.29, 0.717) is 6.04 Å². The number of rotatable bonds is 3. The molecule has 1 atom stereocenters. The molecule has 1 aliphatic rings. The molecule has 86 valence electrons. The van der Waals surface area contributed by atoms with E-state index in [4.69, 9.17) is 6.42 Å². The molecule has 1 unspecified atom stereocenters. The van der Waals surface area contributed by atoms with Crippen molar-refractivity contribution >= 4 is 0 Å². The van der Waals surface area contributed by atoms with Gasteiger partial charge in [-0.2, -0.15) is 0 Å². The van der Waals surface area contributed by atoms with Crippen LogP contribution in [0.2, 0.25) is 0 Å². The van der Waals surface area contributed by atoms with Gasteiger partial charge in [-0.3, -0.25) is 4.90 Å². The van der Waals surface area contributed by atoms with Crippen molar-refractivity contribution in [2.24, 2.45) is 0 Å². The molecular weight excluding hydrogens is 184 g/mol. The van der Waals surface area contributed by atoms with Crippen molar-refractivity contribution in [1.29, 1.82) is 0 Å². The molecule has 1 heterocycles. The molecule has 0 saturated carbocycles. The molecule has 0 spiro atoms. The Balaban J connectivity index is 2.61. The van der Waals surface area contributed by atoms with Crippen LogP contribution in [-0.2, 0) is 0 Å². The van der Waals surface area contributed by atoms with Crippen LogP contribution < -0.4 is 5.32 Å². The summed E-state index contributed by atoms with van der Waals surface area (Å²) < 4.78 is 0. The third-order valence-corrected chi connectivity index (χ3v) is 3.26. The average Bonchev–Trinajstić information content (AvgIpc) is 2.44. The maximum Gasteiger partial charge on any atom is 0.0766 e. The van der Waals surface area contributed by atoms with Crippen LogP contribution in [0.15, 0.2) is 0 Å². The van der Waals surface area contributed by atoms with Crippen molar-refractivity contribution in [2.45, 2.75) is 51.6 Å². The minimum Gasteiger partial charge on any atom is -0.313 e. The third kappa shape index (κ3) is 3.52. The molecule has 0 aromatic heterocycles. The van der Waals surface area contributed by atoms with Crippen molar-refractivity contribution in [1.82, 2.24) is 10.2 Å². The van der Waals surface area contributed by atoms with Crippen LogP contribution in [0.5, 0.6) is 0 Å². The van der Waals surface area contributed by atoms with E-state index in [-0.39, 0.29) is 5.54 Å². The Morgan fingerprint density at radius 1 is 1.53 bits per heavy atom. The lowest BCUT2D eigenvalue weighted by Crippen LogP contribution is -2.47. The lowest BCUT2D eigenvalue weighted by Gasteiger charge is -2.35. The number of terminal acetylenes is 1. The van der Waals surface area contributed by atoms with Gasteiger partial charge in [0.05, 0.1) is 5.54 Å². The summed E-state index contributed by atoms with van der Waals surface area (Å²) in [4.78, 5) is 2.44. The smallest absolute Gasteiger partial charge is 0.0766 e. The SMILES string of the molecule is C#CC(C)(C)N1CCCNC(CCC)C1. The highest BCUT2D eigenvalue weighted by atomic mass is 15.2. The van der Waals surface area contributed by atoms with E-state index >= 15 is 0 Å². The lowest BCUT2D eigenvalue weighted by atomic mass is 10.0. The van der Waals surface area contributed by atoms with Crippen molar-refractivity contribution in [2.75, 3.05) is 19.6 Å². The highest BCUT2D eigenvalue weighted by Crippen LogP contribution is 2.17. The minimum atomic E-state index is -0.0992. The summed E-state index contributed by atoms with van der Waals surface area (Å²) in [7, 11) is 0. The van der Waals surface area contributed by atoms with Gasteiger partial charge in [-0.05, 0) is 33.2 Å². The van der Waals surface area contributed by atoms with Crippen molar-refractivity contribution in [3.63, 3.8) is 0 Å². The Bertz CT molecular complexity index is 227. The molecule has 15 heavy (non-hydrogen) atoms. The molecule has 1 fully saturated rings. The zero-order valence-corrected chi connectivity index (χ0v) is 10.3. The Morgan fingerprint density at radius 3 is 2.87 bits per heavy atom. The average molecular weight is 208 g/mol. The fourth-order valence-corrected chi connectivity index (χ4v) is 2.14. The fraction of sp³-hybridized carbons (Fsp3) is 0.846. The molecule has 1 saturated heterocycles. The molecule has 2 heteroatoms. The normalized spacial score (nSPS) is 24.5. The van der Waals surface area contributed by atoms with Gasteiger partial charge in [-0.25, -0.2) is 0 Å². The molecule has 0 aromatic rings. The van der Waals surface area contributed by atoms with E-state index in [1.54, 1.807) is 0 Å². The number of hydrogen-bond acceptors (Lipinski definition) is 2. The van der Waals surface area contributed by atoms with Gasteiger partial charge in [-0.1, -0.05) is 19.3 Å². The first-order valence-corrected chi connectivity index (χ1v) is 6.06. The predicted molar refractivity (Wildman–Crippen MR) is 65.8 cm³/mol. The van der Waals surface area contributed by atoms with E-state index in [1.165, 1.54) is 19.3 Å². The van der Waals surface area contributed by atoms with Gasteiger partial charge in [0, 0.05) is 19.1 Å². The molecule has 2 nitrogen and oxygen atoms in total. The van der Waals surface area contributed by atoms with Gasteiger partial charge in [0.1, 0.15) is 0 Å². The highest BCUT2D eigenvalue weighted by molar-refractivity contribution is 5.09. The van der Waals surface area contributed by atoms with Crippen molar-refractivity contribution < 1.29 is 0 Å². The van der Waals surface area contributed by atoms with Crippen LogP contribution >= 0.6 is 0 Å². The maximum absolute atomic E-state index is 5.60. The highest BCUT2D eigenvalue weighted by Gasteiger charge is 2.27. The third-order valence-electron chi connectivity index (χ3n) is 3.26. The van der Waals surface area contributed by atoms with Gasteiger partial charge in [0.15, 0.2) is 0 Å². The first kappa shape index (κ1) is 12.5.